The highest BCUT2D eigenvalue weighted by atomic mass is 16.2. The number of benzene rings is 1. The van der Waals surface area contributed by atoms with Crippen molar-refractivity contribution in [3.8, 4) is 0 Å². The molecule has 0 bridgehead atoms. The van der Waals surface area contributed by atoms with Gasteiger partial charge in [-0.3, -0.25) is 9.59 Å². The second-order valence-electron chi connectivity index (χ2n) is 5.24. The van der Waals surface area contributed by atoms with Gasteiger partial charge in [-0.15, -0.1) is 0 Å². The predicted octanol–water partition coefficient (Wildman–Crippen LogP) is 1.26. The molecule has 0 aromatic heterocycles. The monoisotopic (exact) mass is 260 g/mol. The number of piperidine rings is 1. The average molecular weight is 260 g/mol. The molecule has 0 radical (unpaired) electrons. The zero-order valence-corrected chi connectivity index (χ0v) is 11.3. The van der Waals surface area contributed by atoms with Crippen LogP contribution in [0.5, 0.6) is 0 Å². The first-order valence-electron chi connectivity index (χ1n) is 6.69. The molecule has 1 heterocycles. The summed E-state index contributed by atoms with van der Waals surface area (Å²) < 4.78 is 0. The van der Waals surface area contributed by atoms with Crippen molar-refractivity contribution in [3.05, 3.63) is 35.4 Å². The molecule has 1 fully saturated rings. The Bertz CT molecular complexity index is 468. The quantitative estimate of drug-likeness (QED) is 0.889. The number of hydrogen-bond donors (Lipinski definition) is 1. The van der Waals surface area contributed by atoms with Crippen LogP contribution in [0.4, 0.5) is 0 Å². The molecule has 1 aliphatic rings. The summed E-state index contributed by atoms with van der Waals surface area (Å²) in [6.07, 6.45) is 2.04. The number of nitrogens with zero attached hydrogens (tertiary/aromatic N) is 1. The standard InChI is InChI=1S/C15H20N2O2/c1-11-4-6-12(7-5-11)9-14(18)17-8-2-3-13(10-17)15(16)19/h4-7,13H,2-3,8-10H2,1H3,(H2,16,19). The van der Waals surface area contributed by atoms with E-state index in [4.69, 9.17) is 5.73 Å². The smallest absolute Gasteiger partial charge is 0.227 e. The molecular weight excluding hydrogens is 240 g/mol. The third-order valence-corrected chi connectivity index (χ3v) is 3.65. The summed E-state index contributed by atoms with van der Waals surface area (Å²) in [5, 5.41) is 0. The summed E-state index contributed by atoms with van der Waals surface area (Å²) in [7, 11) is 0. The number of hydrogen-bond acceptors (Lipinski definition) is 2. The normalized spacial score (nSPS) is 19.2. The minimum atomic E-state index is -0.298. The molecule has 1 aromatic carbocycles. The summed E-state index contributed by atoms with van der Waals surface area (Å²) in [6, 6.07) is 7.96. The fourth-order valence-corrected chi connectivity index (χ4v) is 2.43. The van der Waals surface area contributed by atoms with Gasteiger partial charge in [0.2, 0.25) is 11.8 Å². The van der Waals surface area contributed by atoms with Crippen molar-refractivity contribution in [1.82, 2.24) is 4.90 Å². The zero-order chi connectivity index (χ0) is 13.8. The van der Waals surface area contributed by atoms with E-state index in [1.54, 1.807) is 4.90 Å². The van der Waals surface area contributed by atoms with Gasteiger partial charge < -0.3 is 10.6 Å². The molecule has 4 heteroatoms. The van der Waals surface area contributed by atoms with Crippen LogP contribution in [0.3, 0.4) is 0 Å². The van der Waals surface area contributed by atoms with Crippen LogP contribution in [0.15, 0.2) is 24.3 Å². The van der Waals surface area contributed by atoms with Gasteiger partial charge in [-0.1, -0.05) is 29.8 Å². The summed E-state index contributed by atoms with van der Waals surface area (Å²) in [6.45, 7) is 3.22. The lowest BCUT2D eigenvalue weighted by molar-refractivity contribution is -0.134. The lowest BCUT2D eigenvalue weighted by Gasteiger charge is -2.31. The molecule has 1 aromatic rings. The van der Waals surface area contributed by atoms with Gasteiger partial charge in [0.05, 0.1) is 12.3 Å². The first-order chi connectivity index (χ1) is 9.06. The van der Waals surface area contributed by atoms with Gasteiger partial charge in [0.25, 0.3) is 0 Å². The summed E-state index contributed by atoms with van der Waals surface area (Å²) >= 11 is 0. The average Bonchev–Trinajstić information content (AvgIpc) is 2.41. The summed E-state index contributed by atoms with van der Waals surface area (Å²) in [4.78, 5) is 25.2. The van der Waals surface area contributed by atoms with E-state index in [1.165, 1.54) is 5.56 Å². The Morgan fingerprint density at radius 1 is 1.32 bits per heavy atom. The highest BCUT2D eigenvalue weighted by Crippen LogP contribution is 2.17. The number of aryl methyl sites for hydroxylation is 1. The van der Waals surface area contributed by atoms with Crippen molar-refractivity contribution < 1.29 is 9.59 Å². The topological polar surface area (TPSA) is 63.4 Å². The highest BCUT2D eigenvalue weighted by molar-refractivity contribution is 5.81. The summed E-state index contributed by atoms with van der Waals surface area (Å²) in [5.41, 5.74) is 7.52. The Morgan fingerprint density at radius 3 is 2.63 bits per heavy atom. The van der Waals surface area contributed by atoms with Crippen molar-refractivity contribution in [3.63, 3.8) is 0 Å². The van der Waals surface area contributed by atoms with E-state index < -0.39 is 0 Å². The Morgan fingerprint density at radius 2 is 2.00 bits per heavy atom. The van der Waals surface area contributed by atoms with Crippen molar-refractivity contribution in [2.45, 2.75) is 26.2 Å². The van der Waals surface area contributed by atoms with E-state index in [0.717, 1.165) is 24.9 Å². The molecular formula is C15H20N2O2. The molecule has 1 unspecified atom stereocenters. The molecule has 2 amide bonds. The molecule has 2 rings (SSSR count). The van der Waals surface area contributed by atoms with Gasteiger partial charge in [0, 0.05) is 13.1 Å². The second-order valence-corrected chi connectivity index (χ2v) is 5.24. The van der Waals surface area contributed by atoms with Crippen LogP contribution >= 0.6 is 0 Å². The van der Waals surface area contributed by atoms with Crippen LogP contribution < -0.4 is 5.73 Å². The number of carbonyl (C=O) groups is 2. The van der Waals surface area contributed by atoms with E-state index in [1.807, 2.05) is 31.2 Å². The first kappa shape index (κ1) is 13.6. The largest absolute Gasteiger partial charge is 0.369 e. The molecule has 2 N–H and O–H groups in total. The van der Waals surface area contributed by atoms with Crippen LogP contribution in [-0.4, -0.2) is 29.8 Å². The van der Waals surface area contributed by atoms with Gasteiger partial charge in [-0.05, 0) is 25.3 Å². The fraction of sp³-hybridized carbons (Fsp3) is 0.467. The number of primary amides is 1. The molecule has 102 valence electrons. The minimum Gasteiger partial charge on any atom is -0.369 e. The van der Waals surface area contributed by atoms with Crippen molar-refractivity contribution in [2.75, 3.05) is 13.1 Å². The highest BCUT2D eigenvalue weighted by Gasteiger charge is 2.26. The van der Waals surface area contributed by atoms with Crippen molar-refractivity contribution >= 4 is 11.8 Å². The maximum absolute atomic E-state index is 12.2. The molecule has 0 aliphatic carbocycles. The number of amides is 2. The minimum absolute atomic E-state index is 0.0785. The van der Waals surface area contributed by atoms with E-state index in [0.29, 0.717) is 13.0 Å². The van der Waals surface area contributed by atoms with E-state index >= 15 is 0 Å². The number of nitrogens with two attached hydrogens (primary N) is 1. The number of rotatable bonds is 3. The molecule has 1 aliphatic heterocycles. The zero-order valence-electron chi connectivity index (χ0n) is 11.3. The van der Waals surface area contributed by atoms with Gasteiger partial charge in [-0.25, -0.2) is 0 Å². The second kappa shape index (κ2) is 5.87. The number of carbonyl (C=O) groups excluding carboxylic acids is 2. The van der Waals surface area contributed by atoms with Crippen LogP contribution in [0.25, 0.3) is 0 Å². The maximum Gasteiger partial charge on any atom is 0.227 e. The maximum atomic E-state index is 12.2. The third kappa shape index (κ3) is 3.56. The van der Waals surface area contributed by atoms with E-state index in [2.05, 4.69) is 0 Å². The molecule has 0 saturated carbocycles. The SMILES string of the molecule is Cc1ccc(CC(=O)N2CCCC(C(N)=O)C2)cc1. The van der Waals surface area contributed by atoms with Crippen LogP contribution in [0.2, 0.25) is 0 Å². The van der Waals surface area contributed by atoms with Gasteiger partial charge in [0.1, 0.15) is 0 Å². The van der Waals surface area contributed by atoms with E-state index in [-0.39, 0.29) is 17.7 Å². The summed E-state index contributed by atoms with van der Waals surface area (Å²) in [5.74, 6) is -0.404. The van der Waals surface area contributed by atoms with Gasteiger partial charge >= 0.3 is 0 Å². The number of likely N-dealkylation sites (tertiary alicyclic amines) is 1. The fourth-order valence-electron chi connectivity index (χ4n) is 2.43. The lowest BCUT2D eigenvalue weighted by atomic mass is 9.97. The molecule has 4 nitrogen and oxygen atoms in total. The molecule has 19 heavy (non-hydrogen) atoms. The molecule has 1 saturated heterocycles. The van der Waals surface area contributed by atoms with E-state index in [9.17, 15) is 9.59 Å². The molecule has 1 atom stereocenters. The van der Waals surface area contributed by atoms with Gasteiger partial charge in [-0.2, -0.15) is 0 Å². The molecule has 0 spiro atoms. The third-order valence-electron chi connectivity index (χ3n) is 3.65. The van der Waals surface area contributed by atoms with Gasteiger partial charge in [0.15, 0.2) is 0 Å². The Kier molecular flexibility index (Phi) is 4.20. The van der Waals surface area contributed by atoms with Crippen LogP contribution in [0, 0.1) is 12.8 Å². The van der Waals surface area contributed by atoms with Crippen LogP contribution in [-0.2, 0) is 16.0 Å². The predicted molar refractivity (Wildman–Crippen MR) is 73.4 cm³/mol. The van der Waals surface area contributed by atoms with Crippen molar-refractivity contribution in [1.29, 1.82) is 0 Å². The Labute approximate surface area is 113 Å². The van der Waals surface area contributed by atoms with Crippen LogP contribution in [0.1, 0.15) is 24.0 Å². The Balaban J connectivity index is 1.96. The Hall–Kier alpha value is -1.84. The first-order valence-corrected chi connectivity index (χ1v) is 6.69. The lowest BCUT2D eigenvalue weighted by Crippen LogP contribution is -2.44. The van der Waals surface area contributed by atoms with Crippen molar-refractivity contribution in [2.24, 2.45) is 11.7 Å².